The smallest absolute Gasteiger partial charge is 0.408 e. The molecule has 0 saturated carbocycles. The summed E-state index contributed by atoms with van der Waals surface area (Å²) in [6.45, 7) is 16.1. The lowest BCUT2D eigenvalue weighted by molar-refractivity contribution is -0.162. The van der Waals surface area contributed by atoms with Gasteiger partial charge in [0.2, 0.25) is 0 Å². The molecule has 29 heavy (non-hydrogen) atoms. The van der Waals surface area contributed by atoms with Crippen LogP contribution in [0.3, 0.4) is 0 Å². The highest BCUT2D eigenvalue weighted by atomic mass is 16.6. The van der Waals surface area contributed by atoms with Gasteiger partial charge in [-0.05, 0) is 88.1 Å². The van der Waals surface area contributed by atoms with E-state index in [9.17, 15) is 14.4 Å². The minimum atomic E-state index is -1.06. The van der Waals surface area contributed by atoms with E-state index in [0.29, 0.717) is 19.4 Å². The Kier molecular flexibility index (Phi) is 10.1. The van der Waals surface area contributed by atoms with E-state index in [-0.39, 0.29) is 6.42 Å². The van der Waals surface area contributed by atoms with Gasteiger partial charge in [0.15, 0.2) is 0 Å². The Balaban J connectivity index is 5.53. The van der Waals surface area contributed by atoms with Crippen LogP contribution >= 0.6 is 0 Å². The van der Waals surface area contributed by atoms with E-state index in [0.717, 1.165) is 0 Å². The Morgan fingerprint density at radius 2 is 1.24 bits per heavy atom. The summed E-state index contributed by atoms with van der Waals surface area (Å²) in [6.07, 6.45) is 0.288. The molecule has 2 unspecified atom stereocenters. The molecule has 0 rings (SSSR count). The molecule has 0 spiro atoms. The molecule has 3 N–H and O–H groups in total. The Labute approximate surface area is 175 Å². The molecule has 2 atom stereocenters. The summed E-state index contributed by atoms with van der Waals surface area (Å²) in [5, 5.41) is 2.55. The maximum Gasteiger partial charge on any atom is 0.408 e. The number of esters is 2. The van der Waals surface area contributed by atoms with Gasteiger partial charge in [-0.1, -0.05) is 0 Å². The summed E-state index contributed by atoms with van der Waals surface area (Å²) >= 11 is 0. The van der Waals surface area contributed by atoms with Gasteiger partial charge in [0.1, 0.15) is 22.8 Å². The number of ether oxygens (including phenoxy) is 3. The largest absolute Gasteiger partial charge is 0.460 e. The lowest BCUT2D eigenvalue weighted by Gasteiger charge is -2.29. The van der Waals surface area contributed by atoms with E-state index in [2.05, 4.69) is 5.32 Å². The minimum Gasteiger partial charge on any atom is -0.460 e. The zero-order chi connectivity index (χ0) is 23.0. The summed E-state index contributed by atoms with van der Waals surface area (Å²) in [4.78, 5) is 37.6. The molecule has 0 radical (unpaired) electrons. The van der Waals surface area contributed by atoms with Crippen LogP contribution in [0.4, 0.5) is 4.79 Å². The van der Waals surface area contributed by atoms with Crippen LogP contribution in [0.25, 0.3) is 0 Å². The Morgan fingerprint density at radius 3 is 1.66 bits per heavy atom. The zero-order valence-electron chi connectivity index (χ0n) is 19.5. The first-order chi connectivity index (χ1) is 12.9. The van der Waals surface area contributed by atoms with E-state index in [1.807, 2.05) is 0 Å². The highest BCUT2D eigenvalue weighted by Gasteiger charge is 2.34. The van der Waals surface area contributed by atoms with Crippen LogP contribution in [0.15, 0.2) is 0 Å². The molecule has 0 saturated heterocycles. The van der Waals surface area contributed by atoms with Gasteiger partial charge in [-0.2, -0.15) is 0 Å². The molecule has 0 aromatic carbocycles. The van der Waals surface area contributed by atoms with E-state index >= 15 is 0 Å². The molecule has 0 aliphatic heterocycles. The normalized spacial score (nSPS) is 14.6. The molecule has 8 nitrogen and oxygen atoms in total. The SMILES string of the molecule is CC(C)(C)OC(=O)NC(CC(CCCN)C(=O)OC(C)(C)C)C(=O)OC(C)(C)C. The molecule has 0 heterocycles. The number of hydrogen-bond acceptors (Lipinski definition) is 7. The second-order valence-electron chi connectivity index (χ2n) is 10.1. The van der Waals surface area contributed by atoms with Gasteiger partial charge in [-0.3, -0.25) is 4.79 Å². The maximum atomic E-state index is 12.7. The Morgan fingerprint density at radius 1 is 0.793 bits per heavy atom. The molecule has 0 aromatic rings. The monoisotopic (exact) mass is 416 g/mol. The molecule has 8 heteroatoms. The molecule has 170 valence electrons. The van der Waals surface area contributed by atoms with Crippen LogP contribution in [-0.2, 0) is 23.8 Å². The Hall–Kier alpha value is -1.83. The van der Waals surface area contributed by atoms with Crippen molar-refractivity contribution in [2.24, 2.45) is 11.7 Å². The fraction of sp³-hybridized carbons (Fsp3) is 0.857. The number of rotatable bonds is 8. The fourth-order valence-electron chi connectivity index (χ4n) is 2.40. The van der Waals surface area contributed by atoms with Crippen molar-refractivity contribution in [3.8, 4) is 0 Å². The third-order valence-electron chi connectivity index (χ3n) is 3.40. The van der Waals surface area contributed by atoms with Gasteiger partial charge >= 0.3 is 18.0 Å². The molecule has 0 aromatic heterocycles. The van der Waals surface area contributed by atoms with E-state index < -0.39 is 46.8 Å². The van der Waals surface area contributed by atoms with Gasteiger partial charge in [-0.25, -0.2) is 9.59 Å². The van der Waals surface area contributed by atoms with Crippen LogP contribution in [0.2, 0.25) is 0 Å². The van der Waals surface area contributed by atoms with Crippen molar-refractivity contribution in [3.63, 3.8) is 0 Å². The van der Waals surface area contributed by atoms with Gasteiger partial charge in [0, 0.05) is 0 Å². The van der Waals surface area contributed by atoms with Crippen molar-refractivity contribution in [2.75, 3.05) is 6.54 Å². The molecule has 0 fully saturated rings. The third-order valence-corrected chi connectivity index (χ3v) is 3.40. The number of carbonyl (C=O) groups excluding carboxylic acids is 3. The van der Waals surface area contributed by atoms with E-state index in [1.165, 1.54) is 0 Å². The quantitative estimate of drug-likeness (QED) is 0.460. The van der Waals surface area contributed by atoms with Crippen LogP contribution in [0.5, 0.6) is 0 Å². The minimum absolute atomic E-state index is 0.0308. The summed E-state index contributed by atoms with van der Waals surface area (Å²) < 4.78 is 16.2. The summed E-state index contributed by atoms with van der Waals surface area (Å²) in [5.41, 5.74) is 3.45. The van der Waals surface area contributed by atoms with Gasteiger partial charge in [0.25, 0.3) is 0 Å². The zero-order valence-corrected chi connectivity index (χ0v) is 19.5. The predicted molar refractivity (Wildman–Crippen MR) is 111 cm³/mol. The number of hydrogen-bond donors (Lipinski definition) is 2. The number of nitrogens with two attached hydrogens (primary N) is 1. The average Bonchev–Trinajstić information content (AvgIpc) is 2.44. The number of alkyl carbamates (subject to hydrolysis) is 1. The van der Waals surface area contributed by atoms with Crippen molar-refractivity contribution in [2.45, 2.75) is 104 Å². The highest BCUT2D eigenvalue weighted by Crippen LogP contribution is 2.22. The molecule has 0 aliphatic rings. The molecule has 0 aliphatic carbocycles. The summed E-state index contributed by atoms with van der Waals surface area (Å²) in [7, 11) is 0. The second kappa shape index (κ2) is 10.8. The third kappa shape index (κ3) is 13.9. The van der Waals surface area contributed by atoms with Crippen LogP contribution in [0, 0.1) is 5.92 Å². The lowest BCUT2D eigenvalue weighted by Crippen LogP contribution is -2.47. The number of carbonyl (C=O) groups is 3. The predicted octanol–water partition coefficient (Wildman–Crippen LogP) is 3.31. The maximum absolute atomic E-state index is 12.7. The van der Waals surface area contributed by atoms with Crippen molar-refractivity contribution in [3.05, 3.63) is 0 Å². The van der Waals surface area contributed by atoms with Gasteiger partial charge in [-0.15, -0.1) is 0 Å². The van der Waals surface area contributed by atoms with Gasteiger partial charge < -0.3 is 25.3 Å². The first-order valence-corrected chi connectivity index (χ1v) is 10.1. The second-order valence-corrected chi connectivity index (χ2v) is 10.1. The summed E-state index contributed by atoms with van der Waals surface area (Å²) in [6, 6.07) is -1.06. The van der Waals surface area contributed by atoms with Crippen LogP contribution in [-0.4, -0.2) is 47.4 Å². The molecular formula is C21H40N2O6. The lowest BCUT2D eigenvalue weighted by atomic mass is 9.94. The van der Waals surface area contributed by atoms with Crippen LogP contribution in [0.1, 0.15) is 81.6 Å². The standard InChI is InChI=1S/C21H40N2O6/c1-19(2,3)27-16(24)14(11-10-12-22)13-15(17(25)28-20(4,5)6)23-18(26)29-21(7,8)9/h14-15H,10-13,22H2,1-9H3,(H,23,26). The molecule has 1 amide bonds. The van der Waals surface area contributed by atoms with Crippen molar-refractivity contribution in [1.82, 2.24) is 5.32 Å². The van der Waals surface area contributed by atoms with Crippen molar-refractivity contribution < 1.29 is 28.6 Å². The number of nitrogens with one attached hydrogen (secondary N) is 1. The number of amides is 1. The highest BCUT2D eigenvalue weighted by molar-refractivity contribution is 5.83. The van der Waals surface area contributed by atoms with Crippen molar-refractivity contribution >= 4 is 18.0 Å². The summed E-state index contributed by atoms with van der Waals surface area (Å²) in [5.74, 6) is -1.69. The molecular weight excluding hydrogens is 376 g/mol. The Bertz CT molecular complexity index is 555. The van der Waals surface area contributed by atoms with Gasteiger partial charge in [0.05, 0.1) is 5.92 Å². The van der Waals surface area contributed by atoms with E-state index in [1.54, 1.807) is 62.3 Å². The van der Waals surface area contributed by atoms with E-state index in [4.69, 9.17) is 19.9 Å². The van der Waals surface area contributed by atoms with Crippen molar-refractivity contribution in [1.29, 1.82) is 0 Å². The first kappa shape index (κ1) is 27.2. The fourth-order valence-corrected chi connectivity index (χ4v) is 2.40. The van der Waals surface area contributed by atoms with Crippen LogP contribution < -0.4 is 11.1 Å². The average molecular weight is 417 g/mol. The first-order valence-electron chi connectivity index (χ1n) is 10.1. The topological polar surface area (TPSA) is 117 Å². The molecule has 0 bridgehead atoms.